The summed E-state index contributed by atoms with van der Waals surface area (Å²) in [5, 5.41) is 0. The summed E-state index contributed by atoms with van der Waals surface area (Å²) in [7, 11) is 1.64. The van der Waals surface area contributed by atoms with Crippen LogP contribution in [-0.4, -0.2) is 22.1 Å². The van der Waals surface area contributed by atoms with Crippen molar-refractivity contribution in [2.45, 2.75) is 12.8 Å². The molecule has 2 heterocycles. The Hall–Kier alpha value is -2.82. The average molecular weight is 295 g/mol. The average Bonchev–Trinajstić information content (AvgIpc) is 3.04. The van der Waals surface area contributed by atoms with Crippen molar-refractivity contribution in [2.75, 3.05) is 7.11 Å². The van der Waals surface area contributed by atoms with E-state index in [0.717, 1.165) is 22.8 Å². The molecule has 0 radical (unpaired) electrons. The summed E-state index contributed by atoms with van der Waals surface area (Å²) in [6, 6.07) is 11.6. The van der Waals surface area contributed by atoms with E-state index in [4.69, 9.17) is 4.74 Å². The second-order valence-electron chi connectivity index (χ2n) is 5.08. The molecule has 0 aliphatic rings. The van der Waals surface area contributed by atoms with E-state index in [-0.39, 0.29) is 5.56 Å². The number of hydrogen-bond acceptors (Lipinski definition) is 3. The highest BCUT2D eigenvalue weighted by atomic mass is 16.5. The number of aromatic nitrogens is 3. The van der Waals surface area contributed by atoms with E-state index < -0.39 is 0 Å². The normalized spacial score (nSPS) is 10.6. The molecule has 2 aromatic heterocycles. The monoisotopic (exact) mass is 295 g/mol. The van der Waals surface area contributed by atoms with E-state index in [1.165, 1.54) is 0 Å². The van der Waals surface area contributed by atoms with E-state index in [2.05, 4.69) is 15.0 Å². The zero-order chi connectivity index (χ0) is 15.4. The molecule has 22 heavy (non-hydrogen) atoms. The lowest BCUT2D eigenvalue weighted by atomic mass is 10.1. The van der Waals surface area contributed by atoms with Gasteiger partial charge in [-0.3, -0.25) is 4.79 Å². The molecule has 0 atom stereocenters. The number of benzene rings is 1. The summed E-state index contributed by atoms with van der Waals surface area (Å²) >= 11 is 0. The smallest absolute Gasteiger partial charge is 0.251 e. The fourth-order valence-electron chi connectivity index (χ4n) is 2.33. The summed E-state index contributed by atoms with van der Waals surface area (Å²) in [5.41, 5.74) is 2.64. The Morgan fingerprint density at radius 2 is 1.91 bits per heavy atom. The van der Waals surface area contributed by atoms with Crippen LogP contribution in [0.2, 0.25) is 0 Å². The van der Waals surface area contributed by atoms with Crippen molar-refractivity contribution in [3.05, 3.63) is 81.8 Å². The predicted octanol–water partition coefficient (Wildman–Crippen LogP) is 2.29. The number of nitrogens with zero attached hydrogens (tertiary/aromatic N) is 1. The lowest BCUT2D eigenvalue weighted by Gasteiger charge is -2.05. The third-order valence-electron chi connectivity index (χ3n) is 3.52. The third-order valence-corrected chi connectivity index (χ3v) is 3.52. The van der Waals surface area contributed by atoms with Crippen LogP contribution < -0.4 is 10.3 Å². The number of H-pyrrole nitrogens is 2. The zero-order valence-corrected chi connectivity index (χ0v) is 12.3. The molecule has 2 N–H and O–H groups in total. The number of pyridine rings is 1. The summed E-state index contributed by atoms with van der Waals surface area (Å²) in [6.07, 6.45) is 4.62. The highest BCUT2D eigenvalue weighted by Crippen LogP contribution is 2.13. The van der Waals surface area contributed by atoms with Gasteiger partial charge in [-0.25, -0.2) is 4.98 Å². The molecular weight excluding hydrogens is 278 g/mol. The summed E-state index contributed by atoms with van der Waals surface area (Å²) in [4.78, 5) is 22.2. The van der Waals surface area contributed by atoms with Gasteiger partial charge in [0.05, 0.1) is 7.11 Å². The minimum atomic E-state index is -0.0672. The largest absolute Gasteiger partial charge is 0.497 e. The maximum Gasteiger partial charge on any atom is 0.251 e. The second-order valence-corrected chi connectivity index (χ2v) is 5.08. The Morgan fingerprint density at radius 1 is 1.09 bits per heavy atom. The van der Waals surface area contributed by atoms with Crippen LogP contribution >= 0.6 is 0 Å². The predicted molar refractivity (Wildman–Crippen MR) is 84.3 cm³/mol. The molecule has 112 valence electrons. The van der Waals surface area contributed by atoms with Gasteiger partial charge in [-0.05, 0) is 23.8 Å². The van der Waals surface area contributed by atoms with Crippen LogP contribution in [0, 0.1) is 0 Å². The van der Waals surface area contributed by atoms with Crippen molar-refractivity contribution in [2.24, 2.45) is 0 Å². The van der Waals surface area contributed by atoms with Crippen molar-refractivity contribution in [1.82, 2.24) is 15.0 Å². The number of methoxy groups -OCH3 is 1. The molecule has 0 fully saturated rings. The summed E-state index contributed by atoms with van der Waals surface area (Å²) in [6.45, 7) is 0. The van der Waals surface area contributed by atoms with Crippen molar-refractivity contribution in [1.29, 1.82) is 0 Å². The number of ether oxygens (including phenoxy) is 1. The molecular formula is C17H17N3O2. The van der Waals surface area contributed by atoms with E-state index in [0.29, 0.717) is 18.4 Å². The molecule has 0 saturated heterocycles. The van der Waals surface area contributed by atoms with E-state index >= 15 is 0 Å². The minimum absolute atomic E-state index is 0.0672. The zero-order valence-electron chi connectivity index (χ0n) is 12.3. The number of nitrogens with one attached hydrogen (secondary N) is 2. The lowest BCUT2D eigenvalue weighted by Crippen LogP contribution is -2.15. The molecule has 5 nitrogen and oxygen atoms in total. The van der Waals surface area contributed by atoms with Crippen molar-refractivity contribution in [3.8, 4) is 5.75 Å². The topological polar surface area (TPSA) is 70.8 Å². The highest BCUT2D eigenvalue weighted by molar-refractivity contribution is 5.30. The number of imidazole rings is 1. The van der Waals surface area contributed by atoms with Crippen LogP contribution in [0.25, 0.3) is 0 Å². The molecule has 0 saturated carbocycles. The van der Waals surface area contributed by atoms with Crippen LogP contribution in [0.4, 0.5) is 0 Å². The molecule has 0 aliphatic carbocycles. The van der Waals surface area contributed by atoms with Crippen molar-refractivity contribution in [3.63, 3.8) is 0 Å². The fraction of sp³-hybridized carbons (Fsp3) is 0.176. The highest BCUT2D eigenvalue weighted by Gasteiger charge is 2.05. The molecule has 0 spiro atoms. The fourth-order valence-corrected chi connectivity index (χ4v) is 2.33. The Labute approximate surface area is 128 Å². The maximum absolute atomic E-state index is 12.1. The van der Waals surface area contributed by atoms with Gasteiger partial charge in [0.15, 0.2) is 0 Å². The van der Waals surface area contributed by atoms with Crippen LogP contribution in [0.15, 0.2) is 53.6 Å². The maximum atomic E-state index is 12.1. The van der Waals surface area contributed by atoms with E-state index in [9.17, 15) is 4.79 Å². The first-order valence-electron chi connectivity index (χ1n) is 7.07. The van der Waals surface area contributed by atoms with Gasteiger partial charge in [0.25, 0.3) is 5.56 Å². The standard InChI is InChI=1S/C17H17N3O2/c1-22-15-6-2-12(3-7-15)10-14-5-4-13(17(21)20-14)11-16-18-8-9-19-16/h2-9H,10-11H2,1H3,(H,18,19)(H,20,21). The SMILES string of the molecule is COc1ccc(Cc2ccc(Cc3ncc[nH]3)c(=O)[nH]2)cc1. The first-order valence-corrected chi connectivity index (χ1v) is 7.07. The minimum Gasteiger partial charge on any atom is -0.497 e. The summed E-state index contributed by atoms with van der Waals surface area (Å²) in [5.74, 6) is 1.61. The van der Waals surface area contributed by atoms with Gasteiger partial charge in [0.1, 0.15) is 11.6 Å². The quantitative estimate of drug-likeness (QED) is 0.758. The van der Waals surface area contributed by atoms with Crippen LogP contribution in [0.5, 0.6) is 5.75 Å². The van der Waals surface area contributed by atoms with Gasteiger partial charge in [0, 0.05) is 36.5 Å². The molecule has 0 unspecified atom stereocenters. The van der Waals surface area contributed by atoms with Crippen LogP contribution in [0.3, 0.4) is 0 Å². The Kier molecular flexibility index (Phi) is 4.05. The lowest BCUT2D eigenvalue weighted by molar-refractivity contribution is 0.414. The Morgan fingerprint density at radius 3 is 2.55 bits per heavy atom. The molecule has 0 amide bonds. The molecule has 0 bridgehead atoms. The third kappa shape index (κ3) is 3.25. The van der Waals surface area contributed by atoms with Crippen molar-refractivity contribution < 1.29 is 4.74 Å². The van der Waals surface area contributed by atoms with Crippen LogP contribution in [-0.2, 0) is 12.8 Å². The molecule has 1 aromatic carbocycles. The van der Waals surface area contributed by atoms with Gasteiger partial charge < -0.3 is 14.7 Å². The first-order chi connectivity index (χ1) is 10.7. The van der Waals surface area contributed by atoms with Gasteiger partial charge >= 0.3 is 0 Å². The van der Waals surface area contributed by atoms with Gasteiger partial charge in [-0.1, -0.05) is 18.2 Å². The first kappa shape index (κ1) is 14.1. The van der Waals surface area contributed by atoms with Gasteiger partial charge in [-0.15, -0.1) is 0 Å². The molecule has 3 aromatic rings. The van der Waals surface area contributed by atoms with Crippen molar-refractivity contribution >= 4 is 0 Å². The van der Waals surface area contributed by atoms with E-state index in [1.54, 1.807) is 19.5 Å². The Bertz CT molecular complexity index is 790. The van der Waals surface area contributed by atoms with Gasteiger partial charge in [-0.2, -0.15) is 0 Å². The number of rotatable bonds is 5. The molecule has 0 aliphatic heterocycles. The second kappa shape index (κ2) is 6.30. The van der Waals surface area contributed by atoms with Gasteiger partial charge in [0.2, 0.25) is 0 Å². The number of aromatic amines is 2. The Balaban J connectivity index is 1.75. The van der Waals surface area contributed by atoms with Crippen LogP contribution in [0.1, 0.15) is 22.6 Å². The molecule has 3 rings (SSSR count). The van der Waals surface area contributed by atoms with E-state index in [1.807, 2.05) is 36.4 Å². The summed E-state index contributed by atoms with van der Waals surface area (Å²) < 4.78 is 5.14. The molecule has 5 heteroatoms. The number of hydrogen-bond donors (Lipinski definition) is 2.